The van der Waals surface area contributed by atoms with Crippen LogP contribution in [0.1, 0.15) is 18.5 Å². The summed E-state index contributed by atoms with van der Waals surface area (Å²) in [4.78, 5) is 1.25. The van der Waals surface area contributed by atoms with Gasteiger partial charge in [0, 0.05) is 31.6 Å². The first kappa shape index (κ1) is 15.4. The molecular formula is C14H15BrClNS2. The zero-order chi connectivity index (χ0) is 13.7. The molecule has 0 radical (unpaired) electrons. The Labute approximate surface area is 135 Å². The first-order valence-corrected chi connectivity index (χ1v) is 9.14. The monoisotopic (exact) mass is 375 g/mol. The van der Waals surface area contributed by atoms with Crippen molar-refractivity contribution >= 4 is 50.6 Å². The summed E-state index contributed by atoms with van der Waals surface area (Å²) in [6.07, 6.45) is 0. The molecule has 1 aromatic heterocycles. The number of nitrogens with one attached hydrogen (secondary N) is 1. The Bertz CT molecular complexity index is 512. The van der Waals surface area contributed by atoms with Gasteiger partial charge in [0.05, 0.1) is 0 Å². The molecule has 102 valence electrons. The Hall–Kier alpha value is -0.000000000000000111. The molecule has 0 amide bonds. The molecular weight excluding hydrogens is 362 g/mol. The Kier molecular flexibility index (Phi) is 6.23. The highest BCUT2D eigenvalue weighted by Gasteiger charge is 2.14. The summed E-state index contributed by atoms with van der Waals surface area (Å²) in [5.41, 5.74) is 1.34. The third-order valence-electron chi connectivity index (χ3n) is 2.70. The van der Waals surface area contributed by atoms with E-state index in [0.717, 1.165) is 17.3 Å². The van der Waals surface area contributed by atoms with Gasteiger partial charge in [0.2, 0.25) is 0 Å². The van der Waals surface area contributed by atoms with Gasteiger partial charge in [-0.3, -0.25) is 0 Å². The second-order valence-electron chi connectivity index (χ2n) is 4.05. The van der Waals surface area contributed by atoms with E-state index in [1.165, 1.54) is 14.9 Å². The largest absolute Gasteiger partial charge is 0.309 e. The van der Waals surface area contributed by atoms with Gasteiger partial charge in [-0.2, -0.15) is 11.3 Å². The van der Waals surface area contributed by atoms with Gasteiger partial charge in [-0.05, 0) is 57.7 Å². The van der Waals surface area contributed by atoms with Crippen LogP contribution in [0, 0.1) is 0 Å². The van der Waals surface area contributed by atoms with Crippen molar-refractivity contribution in [3.8, 4) is 0 Å². The van der Waals surface area contributed by atoms with Crippen molar-refractivity contribution in [1.29, 1.82) is 0 Å². The van der Waals surface area contributed by atoms with Crippen LogP contribution in [0.25, 0.3) is 0 Å². The number of rotatable bonds is 6. The predicted molar refractivity (Wildman–Crippen MR) is 90.6 cm³/mol. The topological polar surface area (TPSA) is 12.0 Å². The van der Waals surface area contributed by atoms with Gasteiger partial charge < -0.3 is 5.32 Å². The van der Waals surface area contributed by atoms with E-state index in [9.17, 15) is 0 Å². The van der Waals surface area contributed by atoms with Crippen LogP contribution in [-0.2, 0) is 0 Å². The van der Waals surface area contributed by atoms with Crippen molar-refractivity contribution in [2.75, 3.05) is 12.3 Å². The third-order valence-corrected chi connectivity index (χ3v) is 5.81. The first-order chi connectivity index (χ1) is 9.20. The number of thioether (sulfide) groups is 1. The minimum atomic E-state index is 0.367. The summed E-state index contributed by atoms with van der Waals surface area (Å²) in [6, 6.07) is 8.38. The van der Waals surface area contributed by atoms with Gasteiger partial charge in [-0.15, -0.1) is 11.8 Å². The average Bonchev–Trinajstić information content (AvgIpc) is 2.83. The smallest absolute Gasteiger partial charge is 0.0434 e. The molecule has 0 aliphatic carbocycles. The molecule has 1 nitrogen and oxygen atoms in total. The SMILES string of the molecule is CCNC(CSc1ccc(Cl)cc1)c1cscc1Br. The van der Waals surface area contributed by atoms with Crippen molar-refractivity contribution in [3.63, 3.8) is 0 Å². The van der Waals surface area contributed by atoms with E-state index in [1.807, 2.05) is 23.9 Å². The zero-order valence-electron chi connectivity index (χ0n) is 10.5. The lowest BCUT2D eigenvalue weighted by molar-refractivity contribution is 0.606. The lowest BCUT2D eigenvalue weighted by atomic mass is 10.2. The summed E-state index contributed by atoms with van der Waals surface area (Å²) in [7, 11) is 0. The molecule has 5 heteroatoms. The van der Waals surface area contributed by atoms with Crippen molar-refractivity contribution in [1.82, 2.24) is 5.32 Å². The van der Waals surface area contributed by atoms with Crippen LogP contribution in [0.5, 0.6) is 0 Å². The van der Waals surface area contributed by atoms with Crippen LogP contribution < -0.4 is 5.32 Å². The number of hydrogen-bond acceptors (Lipinski definition) is 3. The van der Waals surface area contributed by atoms with Gasteiger partial charge in [0.15, 0.2) is 0 Å². The van der Waals surface area contributed by atoms with E-state index >= 15 is 0 Å². The number of thiophene rings is 1. The van der Waals surface area contributed by atoms with Crippen LogP contribution in [0.3, 0.4) is 0 Å². The maximum absolute atomic E-state index is 5.90. The minimum absolute atomic E-state index is 0.367. The van der Waals surface area contributed by atoms with E-state index in [1.54, 1.807) is 11.3 Å². The maximum Gasteiger partial charge on any atom is 0.0434 e. The lowest BCUT2D eigenvalue weighted by Gasteiger charge is -2.17. The molecule has 1 aromatic carbocycles. The molecule has 1 heterocycles. The molecule has 0 spiro atoms. The average molecular weight is 377 g/mol. The predicted octanol–water partition coefficient (Wildman–Crippen LogP) is 5.61. The summed E-state index contributed by atoms with van der Waals surface area (Å²) >= 11 is 13.1. The molecule has 2 aromatic rings. The van der Waals surface area contributed by atoms with Gasteiger partial charge in [-0.25, -0.2) is 0 Å². The Morgan fingerprint density at radius 2 is 2.05 bits per heavy atom. The zero-order valence-corrected chi connectivity index (χ0v) is 14.5. The van der Waals surface area contributed by atoms with E-state index < -0.39 is 0 Å². The number of halogens is 2. The van der Waals surface area contributed by atoms with Crippen LogP contribution >= 0.6 is 50.6 Å². The Balaban J connectivity index is 2.01. The second-order valence-corrected chi connectivity index (χ2v) is 7.18. The highest BCUT2D eigenvalue weighted by molar-refractivity contribution is 9.10. The summed E-state index contributed by atoms with van der Waals surface area (Å²) in [6.45, 7) is 3.11. The molecule has 2 rings (SSSR count). The standard InChI is InChI=1S/C14H15BrClNS2/c1-2-17-14(12-7-18-8-13(12)15)9-19-11-5-3-10(16)4-6-11/h3-8,14,17H,2,9H2,1H3. The highest BCUT2D eigenvalue weighted by Crippen LogP contribution is 2.31. The molecule has 1 unspecified atom stereocenters. The lowest BCUT2D eigenvalue weighted by Crippen LogP contribution is -2.22. The normalized spacial score (nSPS) is 12.6. The van der Waals surface area contributed by atoms with Gasteiger partial charge >= 0.3 is 0 Å². The summed E-state index contributed by atoms with van der Waals surface area (Å²) in [5.74, 6) is 1.00. The van der Waals surface area contributed by atoms with Gasteiger partial charge in [0.1, 0.15) is 0 Å². The van der Waals surface area contributed by atoms with Crippen LogP contribution in [0.15, 0.2) is 44.4 Å². The quantitative estimate of drug-likeness (QED) is 0.658. The van der Waals surface area contributed by atoms with E-state index in [2.05, 4.69) is 51.1 Å². The van der Waals surface area contributed by atoms with Gasteiger partial charge in [0.25, 0.3) is 0 Å². The molecule has 0 saturated heterocycles. The molecule has 0 fully saturated rings. The highest BCUT2D eigenvalue weighted by atomic mass is 79.9. The Morgan fingerprint density at radius 3 is 2.63 bits per heavy atom. The molecule has 1 atom stereocenters. The van der Waals surface area contributed by atoms with Crippen molar-refractivity contribution < 1.29 is 0 Å². The maximum atomic E-state index is 5.90. The second kappa shape index (κ2) is 7.70. The third kappa shape index (κ3) is 4.50. The molecule has 0 bridgehead atoms. The van der Waals surface area contributed by atoms with Crippen LogP contribution in [-0.4, -0.2) is 12.3 Å². The number of hydrogen-bond donors (Lipinski definition) is 1. The van der Waals surface area contributed by atoms with E-state index in [4.69, 9.17) is 11.6 Å². The Morgan fingerprint density at radius 1 is 1.32 bits per heavy atom. The van der Waals surface area contributed by atoms with E-state index in [-0.39, 0.29) is 0 Å². The van der Waals surface area contributed by atoms with Crippen molar-refractivity contribution in [2.45, 2.75) is 17.9 Å². The summed E-state index contributed by atoms with van der Waals surface area (Å²) < 4.78 is 1.19. The fourth-order valence-electron chi connectivity index (χ4n) is 1.76. The fourth-order valence-corrected chi connectivity index (χ4v) is 4.49. The molecule has 0 aliphatic rings. The van der Waals surface area contributed by atoms with E-state index in [0.29, 0.717) is 6.04 Å². The van der Waals surface area contributed by atoms with Crippen molar-refractivity contribution in [2.24, 2.45) is 0 Å². The first-order valence-electron chi connectivity index (χ1n) is 6.04. The molecule has 1 N–H and O–H groups in total. The molecule has 0 aliphatic heterocycles. The van der Waals surface area contributed by atoms with Crippen LogP contribution in [0.2, 0.25) is 5.02 Å². The number of benzene rings is 1. The van der Waals surface area contributed by atoms with Crippen LogP contribution in [0.4, 0.5) is 0 Å². The molecule has 19 heavy (non-hydrogen) atoms. The summed E-state index contributed by atoms with van der Waals surface area (Å²) in [5, 5.41) is 8.66. The van der Waals surface area contributed by atoms with Crippen molar-refractivity contribution in [3.05, 3.63) is 50.1 Å². The minimum Gasteiger partial charge on any atom is -0.309 e. The molecule has 0 saturated carbocycles. The fraction of sp³-hybridized carbons (Fsp3) is 0.286. The van der Waals surface area contributed by atoms with Gasteiger partial charge in [-0.1, -0.05) is 18.5 Å².